The van der Waals surface area contributed by atoms with Crippen molar-refractivity contribution in [2.45, 2.75) is 24.8 Å². The minimum Gasteiger partial charge on any atom is -0.494 e. The third-order valence-corrected chi connectivity index (χ3v) is 6.53. The van der Waals surface area contributed by atoms with Crippen molar-refractivity contribution in [2.24, 2.45) is 0 Å². The molecule has 9 heteroatoms. The average molecular weight is 401 g/mol. The number of carbonyl (C=O) groups excluding carboxylic acids is 2. The number of amides is 2. The Labute approximate surface area is 158 Å². The van der Waals surface area contributed by atoms with Crippen LogP contribution in [0.15, 0.2) is 29.2 Å². The van der Waals surface area contributed by atoms with E-state index in [9.17, 15) is 18.0 Å². The van der Waals surface area contributed by atoms with E-state index in [4.69, 9.17) is 4.74 Å². The first-order valence-corrected chi connectivity index (χ1v) is 11.3. The topological polar surface area (TPSA) is 92.8 Å². The SMILES string of the molecule is CCOc1ccc(SCC(=O)NC(C)C(=O)N2CCS(=O)(=O)CC2)cc1. The molecule has 1 unspecified atom stereocenters. The summed E-state index contributed by atoms with van der Waals surface area (Å²) in [5, 5.41) is 2.67. The third kappa shape index (κ3) is 6.21. The summed E-state index contributed by atoms with van der Waals surface area (Å²) >= 11 is 1.37. The molecule has 2 amide bonds. The van der Waals surface area contributed by atoms with Crippen LogP contribution in [0.2, 0.25) is 0 Å². The van der Waals surface area contributed by atoms with Gasteiger partial charge in [0.2, 0.25) is 11.8 Å². The molecule has 1 saturated heterocycles. The maximum absolute atomic E-state index is 12.3. The van der Waals surface area contributed by atoms with Gasteiger partial charge in [-0.25, -0.2) is 8.42 Å². The lowest BCUT2D eigenvalue weighted by Gasteiger charge is -2.29. The van der Waals surface area contributed by atoms with Crippen molar-refractivity contribution < 1.29 is 22.7 Å². The fraction of sp³-hybridized carbons (Fsp3) is 0.529. The van der Waals surface area contributed by atoms with Crippen LogP contribution in [0.1, 0.15) is 13.8 Å². The summed E-state index contributed by atoms with van der Waals surface area (Å²) in [5.41, 5.74) is 0. The van der Waals surface area contributed by atoms with Crippen LogP contribution in [0.25, 0.3) is 0 Å². The highest BCUT2D eigenvalue weighted by Gasteiger charge is 2.28. The molecule has 1 aromatic rings. The first kappa shape index (κ1) is 20.6. The first-order valence-electron chi connectivity index (χ1n) is 8.45. The van der Waals surface area contributed by atoms with Gasteiger partial charge >= 0.3 is 0 Å². The normalized spacial score (nSPS) is 17.4. The number of thioether (sulfide) groups is 1. The summed E-state index contributed by atoms with van der Waals surface area (Å²) in [4.78, 5) is 26.8. The van der Waals surface area contributed by atoms with Crippen LogP contribution in [0.4, 0.5) is 0 Å². The summed E-state index contributed by atoms with van der Waals surface area (Å²) in [7, 11) is -3.04. The summed E-state index contributed by atoms with van der Waals surface area (Å²) in [6.07, 6.45) is 0. The molecular weight excluding hydrogens is 376 g/mol. The molecule has 26 heavy (non-hydrogen) atoms. The molecule has 0 radical (unpaired) electrons. The molecule has 1 aromatic carbocycles. The van der Waals surface area contributed by atoms with Crippen LogP contribution in [0.3, 0.4) is 0 Å². The summed E-state index contributed by atoms with van der Waals surface area (Å²) in [6.45, 7) is 4.50. The van der Waals surface area contributed by atoms with Gasteiger partial charge in [-0.05, 0) is 38.1 Å². The smallest absolute Gasteiger partial charge is 0.244 e. The second kappa shape index (κ2) is 9.27. The molecular formula is C17H24N2O5S2. The quantitative estimate of drug-likeness (QED) is 0.685. The predicted molar refractivity (Wildman–Crippen MR) is 101 cm³/mol. The molecule has 1 aliphatic heterocycles. The van der Waals surface area contributed by atoms with Gasteiger partial charge in [0, 0.05) is 18.0 Å². The molecule has 0 aliphatic carbocycles. The maximum atomic E-state index is 12.3. The minimum atomic E-state index is -3.04. The van der Waals surface area contributed by atoms with E-state index in [1.54, 1.807) is 6.92 Å². The van der Waals surface area contributed by atoms with Crippen molar-refractivity contribution in [1.82, 2.24) is 10.2 Å². The summed E-state index contributed by atoms with van der Waals surface area (Å²) in [6, 6.07) is 6.78. The Kier molecular flexibility index (Phi) is 7.33. The van der Waals surface area contributed by atoms with Crippen molar-refractivity contribution in [3.05, 3.63) is 24.3 Å². The fourth-order valence-electron chi connectivity index (χ4n) is 2.50. The van der Waals surface area contributed by atoms with Crippen LogP contribution in [-0.2, 0) is 19.4 Å². The van der Waals surface area contributed by atoms with Gasteiger partial charge in [-0.2, -0.15) is 0 Å². The number of nitrogens with zero attached hydrogens (tertiary/aromatic N) is 1. The second-order valence-electron chi connectivity index (χ2n) is 5.96. The standard InChI is InChI=1S/C17H24N2O5S2/c1-3-24-14-4-6-15(7-5-14)25-12-16(20)18-13(2)17(21)19-8-10-26(22,23)11-9-19/h4-7,13H,3,8-12H2,1-2H3,(H,18,20). The first-order chi connectivity index (χ1) is 12.3. The molecule has 1 fully saturated rings. The zero-order chi connectivity index (χ0) is 19.2. The highest BCUT2D eigenvalue weighted by molar-refractivity contribution is 8.00. The van der Waals surface area contributed by atoms with Crippen molar-refractivity contribution >= 4 is 33.4 Å². The molecule has 7 nitrogen and oxygen atoms in total. The van der Waals surface area contributed by atoms with Gasteiger partial charge in [0.05, 0.1) is 23.9 Å². The Bertz CT molecular complexity index is 720. The lowest BCUT2D eigenvalue weighted by molar-refractivity contribution is -0.135. The Morgan fingerprint density at radius 3 is 2.42 bits per heavy atom. The third-order valence-electron chi connectivity index (χ3n) is 3.91. The second-order valence-corrected chi connectivity index (χ2v) is 9.31. The van der Waals surface area contributed by atoms with Gasteiger partial charge in [0.15, 0.2) is 9.84 Å². The largest absolute Gasteiger partial charge is 0.494 e. The van der Waals surface area contributed by atoms with E-state index in [1.165, 1.54) is 16.7 Å². The number of nitrogens with one attached hydrogen (secondary N) is 1. The molecule has 0 saturated carbocycles. The van der Waals surface area contributed by atoms with E-state index in [2.05, 4.69) is 5.32 Å². The summed E-state index contributed by atoms with van der Waals surface area (Å²) in [5.74, 6) is 0.442. The lowest BCUT2D eigenvalue weighted by atomic mass is 10.2. The van der Waals surface area contributed by atoms with Crippen molar-refractivity contribution in [3.63, 3.8) is 0 Å². The predicted octanol–water partition coefficient (Wildman–Crippen LogP) is 0.939. The lowest BCUT2D eigenvalue weighted by Crippen LogP contribution is -2.52. The van der Waals surface area contributed by atoms with E-state index in [0.29, 0.717) is 6.61 Å². The highest BCUT2D eigenvalue weighted by atomic mass is 32.2. The zero-order valence-corrected chi connectivity index (χ0v) is 16.6. The molecule has 1 atom stereocenters. The van der Waals surface area contributed by atoms with E-state index >= 15 is 0 Å². The molecule has 144 valence electrons. The average Bonchev–Trinajstić information content (AvgIpc) is 2.61. The maximum Gasteiger partial charge on any atom is 0.244 e. The van der Waals surface area contributed by atoms with E-state index in [1.807, 2.05) is 31.2 Å². The number of sulfone groups is 1. The zero-order valence-electron chi connectivity index (χ0n) is 14.9. The van der Waals surface area contributed by atoms with Crippen molar-refractivity contribution in [1.29, 1.82) is 0 Å². The van der Waals surface area contributed by atoms with Crippen LogP contribution < -0.4 is 10.1 Å². The van der Waals surface area contributed by atoms with Gasteiger partial charge in [-0.15, -0.1) is 11.8 Å². The molecule has 0 aromatic heterocycles. The van der Waals surface area contributed by atoms with Gasteiger partial charge in [0.1, 0.15) is 11.8 Å². The number of rotatable bonds is 7. The van der Waals surface area contributed by atoms with Crippen LogP contribution in [-0.4, -0.2) is 68.1 Å². The van der Waals surface area contributed by atoms with E-state index in [0.717, 1.165) is 10.6 Å². The van der Waals surface area contributed by atoms with Gasteiger partial charge in [-0.1, -0.05) is 0 Å². The minimum absolute atomic E-state index is 0.0208. The van der Waals surface area contributed by atoms with Crippen LogP contribution in [0, 0.1) is 0 Å². The number of hydrogen-bond donors (Lipinski definition) is 1. The van der Waals surface area contributed by atoms with Crippen molar-refractivity contribution in [3.8, 4) is 5.75 Å². The Hall–Kier alpha value is -1.74. The molecule has 2 rings (SSSR count). The number of ether oxygens (including phenoxy) is 1. The van der Waals surface area contributed by atoms with Gasteiger partial charge < -0.3 is 15.0 Å². The van der Waals surface area contributed by atoms with Gasteiger partial charge in [-0.3, -0.25) is 9.59 Å². The van der Waals surface area contributed by atoms with Gasteiger partial charge in [0.25, 0.3) is 0 Å². The highest BCUT2D eigenvalue weighted by Crippen LogP contribution is 2.21. The monoisotopic (exact) mass is 400 g/mol. The Morgan fingerprint density at radius 1 is 1.23 bits per heavy atom. The number of benzene rings is 1. The molecule has 0 spiro atoms. The molecule has 0 bridgehead atoms. The number of carbonyl (C=O) groups is 2. The molecule has 1 heterocycles. The molecule has 1 aliphatic rings. The van der Waals surface area contributed by atoms with E-state index < -0.39 is 15.9 Å². The Morgan fingerprint density at radius 2 is 1.85 bits per heavy atom. The Balaban J connectivity index is 1.77. The van der Waals surface area contributed by atoms with Crippen molar-refractivity contribution in [2.75, 3.05) is 37.0 Å². The van der Waals surface area contributed by atoms with Crippen LogP contribution in [0.5, 0.6) is 5.75 Å². The molecule has 1 N–H and O–H groups in total. The summed E-state index contributed by atoms with van der Waals surface area (Å²) < 4.78 is 28.2. The number of hydrogen-bond acceptors (Lipinski definition) is 6. The fourth-order valence-corrected chi connectivity index (χ4v) is 4.41. The van der Waals surface area contributed by atoms with Crippen LogP contribution >= 0.6 is 11.8 Å². The van der Waals surface area contributed by atoms with E-state index in [-0.39, 0.29) is 42.2 Å².